The van der Waals surface area contributed by atoms with E-state index in [-0.39, 0.29) is 18.4 Å². The summed E-state index contributed by atoms with van der Waals surface area (Å²) in [6, 6.07) is 11.4. The van der Waals surface area contributed by atoms with Crippen LogP contribution in [0.15, 0.2) is 48.5 Å². The Labute approximate surface area is 155 Å². The summed E-state index contributed by atoms with van der Waals surface area (Å²) in [6.45, 7) is 0.537. The van der Waals surface area contributed by atoms with Gasteiger partial charge in [0.05, 0.1) is 12.6 Å². The van der Waals surface area contributed by atoms with Gasteiger partial charge in [-0.2, -0.15) is 13.2 Å². The summed E-state index contributed by atoms with van der Waals surface area (Å²) >= 11 is 0. The minimum Gasteiger partial charge on any atom is -0.355 e. The molecule has 0 bridgehead atoms. The topological polar surface area (TPSA) is 62.6 Å². The number of halogens is 3. The standard InChI is InChI=1S/C19H20F3N3O2/c1-23-18(27)14-4-3-5-16(10-14)24-17(26)12-25(2)11-13-6-8-15(9-7-13)19(20,21)22/h3-10H,11-12H2,1-2H3,(H,23,27)(H,24,26)/p+1. The molecular weight excluding hydrogens is 359 g/mol. The van der Waals surface area contributed by atoms with Crippen LogP contribution in [0, 0.1) is 0 Å². The second-order valence-corrected chi connectivity index (χ2v) is 6.21. The van der Waals surface area contributed by atoms with Gasteiger partial charge in [-0.3, -0.25) is 9.59 Å². The van der Waals surface area contributed by atoms with Gasteiger partial charge in [-0.1, -0.05) is 18.2 Å². The van der Waals surface area contributed by atoms with Gasteiger partial charge in [0.1, 0.15) is 6.54 Å². The third kappa shape index (κ3) is 6.10. The van der Waals surface area contributed by atoms with E-state index in [1.54, 1.807) is 31.3 Å². The van der Waals surface area contributed by atoms with Gasteiger partial charge in [-0.15, -0.1) is 0 Å². The van der Waals surface area contributed by atoms with Crippen molar-refractivity contribution in [2.75, 3.05) is 26.0 Å². The summed E-state index contributed by atoms with van der Waals surface area (Å²) in [7, 11) is 3.30. The normalized spacial score (nSPS) is 12.3. The minimum absolute atomic E-state index is 0.130. The lowest BCUT2D eigenvalue weighted by atomic mass is 10.1. The summed E-state index contributed by atoms with van der Waals surface area (Å²) in [4.78, 5) is 24.6. The van der Waals surface area contributed by atoms with Crippen LogP contribution in [0.2, 0.25) is 0 Å². The van der Waals surface area contributed by atoms with Gasteiger partial charge < -0.3 is 15.5 Å². The first-order chi connectivity index (χ1) is 12.7. The molecule has 2 rings (SSSR count). The van der Waals surface area contributed by atoms with Crippen LogP contribution >= 0.6 is 0 Å². The molecule has 2 aromatic carbocycles. The Bertz CT molecular complexity index is 805. The maximum Gasteiger partial charge on any atom is 0.416 e. The molecule has 0 fully saturated rings. The van der Waals surface area contributed by atoms with E-state index < -0.39 is 11.7 Å². The number of rotatable bonds is 6. The number of hydrogen-bond acceptors (Lipinski definition) is 2. The van der Waals surface area contributed by atoms with Gasteiger partial charge in [0, 0.05) is 23.9 Å². The summed E-state index contributed by atoms with van der Waals surface area (Å²) in [6.07, 6.45) is -4.36. The van der Waals surface area contributed by atoms with Crippen molar-refractivity contribution in [1.82, 2.24) is 5.32 Å². The zero-order valence-corrected chi connectivity index (χ0v) is 15.0. The van der Waals surface area contributed by atoms with Crippen molar-refractivity contribution in [3.63, 3.8) is 0 Å². The highest BCUT2D eigenvalue weighted by Crippen LogP contribution is 2.28. The highest BCUT2D eigenvalue weighted by atomic mass is 19.4. The lowest BCUT2D eigenvalue weighted by molar-refractivity contribution is -0.885. The molecule has 0 aliphatic heterocycles. The number of carbonyl (C=O) groups excluding carboxylic acids is 2. The van der Waals surface area contributed by atoms with Gasteiger partial charge in [-0.25, -0.2) is 0 Å². The number of anilines is 1. The zero-order valence-electron chi connectivity index (χ0n) is 15.0. The van der Waals surface area contributed by atoms with Crippen LogP contribution in [-0.2, 0) is 17.5 Å². The molecule has 1 unspecified atom stereocenters. The van der Waals surface area contributed by atoms with Crippen molar-refractivity contribution in [1.29, 1.82) is 0 Å². The van der Waals surface area contributed by atoms with Gasteiger partial charge in [0.15, 0.2) is 6.54 Å². The number of benzene rings is 2. The molecular formula is C19H21F3N3O2+. The molecule has 0 aliphatic carbocycles. The van der Waals surface area contributed by atoms with Gasteiger partial charge in [0.2, 0.25) is 0 Å². The van der Waals surface area contributed by atoms with Crippen molar-refractivity contribution in [3.8, 4) is 0 Å². The number of alkyl halides is 3. The van der Waals surface area contributed by atoms with Gasteiger partial charge in [-0.05, 0) is 30.3 Å². The smallest absolute Gasteiger partial charge is 0.355 e. The number of hydrogen-bond donors (Lipinski definition) is 3. The maximum atomic E-state index is 12.6. The fraction of sp³-hybridized carbons (Fsp3) is 0.263. The SMILES string of the molecule is CNC(=O)c1cccc(NC(=O)C[NH+](C)Cc2ccc(C(F)(F)F)cc2)c1. The first-order valence-electron chi connectivity index (χ1n) is 8.28. The fourth-order valence-corrected chi connectivity index (χ4v) is 2.58. The maximum absolute atomic E-state index is 12.6. The second-order valence-electron chi connectivity index (χ2n) is 6.21. The Balaban J connectivity index is 1.91. The van der Waals surface area contributed by atoms with E-state index in [9.17, 15) is 22.8 Å². The van der Waals surface area contributed by atoms with Crippen LogP contribution in [0.25, 0.3) is 0 Å². The number of likely N-dealkylation sites (N-methyl/N-ethyl adjacent to an activating group) is 1. The molecule has 1 atom stereocenters. The van der Waals surface area contributed by atoms with Crippen molar-refractivity contribution in [3.05, 3.63) is 65.2 Å². The molecule has 2 aromatic rings. The van der Waals surface area contributed by atoms with Gasteiger partial charge >= 0.3 is 6.18 Å². The molecule has 0 spiro atoms. The number of amides is 2. The molecule has 2 amide bonds. The van der Waals surface area contributed by atoms with Crippen LogP contribution in [-0.4, -0.2) is 32.5 Å². The lowest BCUT2D eigenvalue weighted by Gasteiger charge is -2.15. The molecule has 0 saturated heterocycles. The first-order valence-corrected chi connectivity index (χ1v) is 8.28. The molecule has 0 aliphatic rings. The van der Waals surface area contributed by atoms with Crippen molar-refractivity contribution in [2.24, 2.45) is 0 Å². The van der Waals surface area contributed by atoms with E-state index in [0.29, 0.717) is 23.4 Å². The van der Waals surface area contributed by atoms with E-state index in [4.69, 9.17) is 0 Å². The highest BCUT2D eigenvalue weighted by Gasteiger charge is 2.30. The Hall–Kier alpha value is -2.87. The molecule has 144 valence electrons. The van der Waals surface area contributed by atoms with E-state index in [1.807, 2.05) is 0 Å². The highest BCUT2D eigenvalue weighted by molar-refractivity contribution is 5.97. The molecule has 3 N–H and O–H groups in total. The summed E-state index contributed by atoms with van der Waals surface area (Å²) in [5, 5.41) is 5.23. The Morgan fingerprint density at radius 3 is 2.33 bits per heavy atom. The molecule has 0 saturated carbocycles. The molecule has 0 heterocycles. The fourth-order valence-electron chi connectivity index (χ4n) is 2.58. The van der Waals surface area contributed by atoms with Crippen molar-refractivity contribution >= 4 is 17.5 Å². The average Bonchev–Trinajstić information content (AvgIpc) is 2.60. The van der Waals surface area contributed by atoms with E-state index in [2.05, 4.69) is 10.6 Å². The first kappa shape index (κ1) is 20.4. The third-order valence-corrected chi connectivity index (χ3v) is 3.89. The molecule has 0 aromatic heterocycles. The monoisotopic (exact) mass is 380 g/mol. The predicted octanol–water partition coefficient (Wildman–Crippen LogP) is 1.72. The molecule has 27 heavy (non-hydrogen) atoms. The van der Waals surface area contributed by atoms with Crippen LogP contribution in [0.3, 0.4) is 0 Å². The van der Waals surface area contributed by atoms with Crippen molar-refractivity contribution < 1.29 is 27.7 Å². The molecule has 8 heteroatoms. The van der Waals surface area contributed by atoms with Crippen molar-refractivity contribution in [2.45, 2.75) is 12.7 Å². The van der Waals surface area contributed by atoms with Crippen LogP contribution in [0.4, 0.5) is 18.9 Å². The number of quaternary nitrogens is 1. The van der Waals surface area contributed by atoms with E-state index >= 15 is 0 Å². The van der Waals surface area contributed by atoms with Crippen LogP contribution < -0.4 is 15.5 Å². The average molecular weight is 380 g/mol. The zero-order chi connectivity index (χ0) is 20.0. The second kappa shape index (κ2) is 8.68. The minimum atomic E-state index is -4.36. The Morgan fingerprint density at radius 2 is 1.74 bits per heavy atom. The Kier molecular flexibility index (Phi) is 6.57. The molecule has 0 radical (unpaired) electrons. The molecule has 5 nitrogen and oxygen atoms in total. The number of carbonyl (C=O) groups is 2. The van der Waals surface area contributed by atoms with E-state index in [1.165, 1.54) is 19.2 Å². The Morgan fingerprint density at radius 1 is 1.07 bits per heavy atom. The summed E-state index contributed by atoms with van der Waals surface area (Å²) in [5.41, 5.74) is 0.941. The summed E-state index contributed by atoms with van der Waals surface area (Å²) < 4.78 is 37.7. The lowest BCUT2D eigenvalue weighted by Crippen LogP contribution is -3.08. The van der Waals surface area contributed by atoms with Crippen LogP contribution in [0.1, 0.15) is 21.5 Å². The predicted molar refractivity (Wildman–Crippen MR) is 95.4 cm³/mol. The quantitative estimate of drug-likeness (QED) is 0.715. The third-order valence-electron chi connectivity index (χ3n) is 3.89. The van der Waals surface area contributed by atoms with E-state index in [0.717, 1.165) is 17.0 Å². The van der Waals surface area contributed by atoms with Crippen LogP contribution in [0.5, 0.6) is 0 Å². The summed E-state index contributed by atoms with van der Waals surface area (Å²) in [5.74, 6) is -0.510. The van der Waals surface area contributed by atoms with Gasteiger partial charge in [0.25, 0.3) is 11.8 Å². The number of nitrogens with one attached hydrogen (secondary N) is 3. The largest absolute Gasteiger partial charge is 0.416 e.